The van der Waals surface area contributed by atoms with Gasteiger partial charge in [-0.2, -0.15) is 0 Å². The second-order valence-corrected chi connectivity index (χ2v) is 18.5. The molecule has 0 radical (unpaired) electrons. The molecule has 0 saturated carbocycles. The highest BCUT2D eigenvalue weighted by Crippen LogP contribution is 2.11. The highest BCUT2D eigenvalue weighted by atomic mass is 16.3. The molecule has 10 amide bonds. The number of nitrogens with one attached hydrogen (secondary N) is 10. The molecule has 1 saturated heterocycles. The number of hydrogen-bond donors (Lipinski definition) is 17. The third-order valence-corrected chi connectivity index (χ3v) is 11.7. The van der Waals surface area contributed by atoms with Gasteiger partial charge in [0.1, 0.15) is 54.4 Å². The number of amides is 10. The summed E-state index contributed by atoms with van der Waals surface area (Å²) in [6, 6.07) is -4.57. The van der Waals surface area contributed by atoms with Crippen LogP contribution < -0.4 is 81.8 Å². The summed E-state index contributed by atoms with van der Waals surface area (Å²) >= 11 is 0. The molecule has 27 heteroatoms. The molecule has 74 heavy (non-hydrogen) atoms. The van der Waals surface area contributed by atoms with Gasteiger partial charge in [0, 0.05) is 19.4 Å². The molecular weight excluding hydrogens is 967 g/mol. The van der Waals surface area contributed by atoms with Crippen LogP contribution in [0.3, 0.4) is 0 Å². The fourth-order valence-corrected chi connectivity index (χ4v) is 7.69. The van der Waals surface area contributed by atoms with Crippen molar-refractivity contribution in [3.8, 4) is 0 Å². The van der Waals surface area contributed by atoms with Crippen LogP contribution in [0.1, 0.15) is 84.6 Å². The highest BCUT2D eigenvalue weighted by Gasteiger charge is 2.37. The first-order chi connectivity index (χ1) is 35.1. The van der Waals surface area contributed by atoms with E-state index in [9.17, 15) is 58.2 Å². The Balaban J connectivity index is 2.74. The van der Waals surface area contributed by atoms with E-state index >= 15 is 0 Å². The normalized spacial score (nSPS) is 23.7. The quantitative estimate of drug-likeness (QED) is 0.0513. The molecule has 1 aromatic carbocycles. The lowest BCUT2D eigenvalue weighted by molar-refractivity contribution is -0.136. The van der Waals surface area contributed by atoms with E-state index in [0.717, 1.165) is 0 Å². The number of rotatable bonds is 22. The van der Waals surface area contributed by atoms with Crippen LogP contribution >= 0.6 is 0 Å². The zero-order chi connectivity index (χ0) is 55.5. The van der Waals surface area contributed by atoms with Gasteiger partial charge in [-0.3, -0.25) is 47.9 Å². The Kier molecular flexibility index (Phi) is 28.8. The molecular formula is C47H81N15O12. The molecule has 0 aliphatic carbocycles. The van der Waals surface area contributed by atoms with Crippen molar-refractivity contribution in [3.63, 3.8) is 0 Å². The minimum absolute atomic E-state index is 0.0536. The second kappa shape index (κ2) is 33.5. The molecule has 2 rings (SSSR count). The van der Waals surface area contributed by atoms with Gasteiger partial charge in [0.2, 0.25) is 59.1 Å². The number of aliphatic hydroxyl groups excluding tert-OH is 2. The monoisotopic (exact) mass is 1050 g/mol. The first-order valence-electron chi connectivity index (χ1n) is 25.0. The van der Waals surface area contributed by atoms with Crippen LogP contribution in [-0.4, -0.2) is 175 Å². The fraction of sp³-hybridized carbons (Fsp3) is 0.660. The van der Waals surface area contributed by atoms with Gasteiger partial charge < -0.3 is 92.0 Å². The van der Waals surface area contributed by atoms with Crippen LogP contribution in [0.5, 0.6) is 0 Å². The second-order valence-electron chi connectivity index (χ2n) is 18.5. The van der Waals surface area contributed by atoms with Crippen molar-refractivity contribution in [1.82, 2.24) is 53.2 Å². The maximum absolute atomic E-state index is 14.3. The van der Waals surface area contributed by atoms with Crippen LogP contribution in [0, 0.1) is 5.92 Å². The Morgan fingerprint density at radius 2 is 1.11 bits per heavy atom. The number of aliphatic hydroxyl groups is 2. The zero-order valence-electron chi connectivity index (χ0n) is 42.8. The van der Waals surface area contributed by atoms with Crippen molar-refractivity contribution in [3.05, 3.63) is 35.9 Å². The summed E-state index contributed by atoms with van der Waals surface area (Å²) in [6.45, 7) is 5.20. The summed E-state index contributed by atoms with van der Waals surface area (Å²) in [5, 5.41) is 46.5. The van der Waals surface area contributed by atoms with Gasteiger partial charge in [0.15, 0.2) is 0 Å². The molecule has 27 nitrogen and oxygen atoms in total. The molecule has 0 bridgehead atoms. The van der Waals surface area contributed by atoms with Crippen molar-refractivity contribution >= 4 is 59.1 Å². The van der Waals surface area contributed by atoms with E-state index in [4.69, 9.17) is 28.7 Å². The fourth-order valence-electron chi connectivity index (χ4n) is 7.69. The molecule has 1 heterocycles. The van der Waals surface area contributed by atoms with E-state index in [0.29, 0.717) is 5.56 Å². The number of benzene rings is 1. The van der Waals surface area contributed by atoms with Gasteiger partial charge in [0.25, 0.3) is 0 Å². The molecule has 1 fully saturated rings. The number of nitrogens with two attached hydrogens (primary N) is 5. The average molecular weight is 1050 g/mol. The molecule has 1 aliphatic rings. The van der Waals surface area contributed by atoms with E-state index in [2.05, 4.69) is 53.2 Å². The van der Waals surface area contributed by atoms with E-state index in [1.165, 1.54) is 13.8 Å². The van der Waals surface area contributed by atoms with Gasteiger partial charge in [-0.25, -0.2) is 0 Å². The molecule has 1 aliphatic heterocycles. The van der Waals surface area contributed by atoms with E-state index in [1.54, 1.807) is 44.2 Å². The van der Waals surface area contributed by atoms with Crippen molar-refractivity contribution in [2.24, 2.45) is 34.6 Å². The van der Waals surface area contributed by atoms with Crippen LogP contribution in [0.2, 0.25) is 0 Å². The van der Waals surface area contributed by atoms with Crippen molar-refractivity contribution in [2.45, 2.75) is 152 Å². The maximum atomic E-state index is 14.3. The minimum Gasteiger partial charge on any atom is -0.391 e. The van der Waals surface area contributed by atoms with Gasteiger partial charge in [-0.1, -0.05) is 44.2 Å². The van der Waals surface area contributed by atoms with Gasteiger partial charge in [0.05, 0.1) is 12.2 Å². The summed E-state index contributed by atoms with van der Waals surface area (Å²) in [6.07, 6.45) is -3.90. The van der Waals surface area contributed by atoms with Crippen LogP contribution in [0.4, 0.5) is 0 Å². The smallest absolute Gasteiger partial charge is 0.245 e. The Labute approximate surface area is 431 Å². The lowest BCUT2D eigenvalue weighted by atomic mass is 10.00. The third kappa shape index (κ3) is 22.0. The lowest BCUT2D eigenvalue weighted by Gasteiger charge is -2.28. The van der Waals surface area contributed by atoms with E-state index in [-0.39, 0.29) is 90.0 Å². The van der Waals surface area contributed by atoms with E-state index in [1.807, 2.05) is 0 Å². The summed E-state index contributed by atoms with van der Waals surface area (Å²) < 4.78 is 0. The van der Waals surface area contributed by atoms with Crippen molar-refractivity contribution in [1.29, 1.82) is 0 Å². The topological polar surface area (TPSA) is 462 Å². The predicted octanol–water partition coefficient (Wildman–Crippen LogP) is -6.95. The number of hydrogen-bond acceptors (Lipinski definition) is 17. The SMILES string of the molecule is CC(C)C[C@@H]1NC(=O)[C@@H](Cc2ccccc2)NC(=O)[C@H](CCN)NC(=O)[C@@H](NC(=O)[C@H](CCN)NC(=O)[C@@H](NC(=O)CCCN)C(C)O)CCNC(=O)C(C(C)O)NC(=O)[C@H](CCN)NC(=O)[C@H](CCN)NC1=O. The predicted molar refractivity (Wildman–Crippen MR) is 271 cm³/mol. The molecule has 22 N–H and O–H groups in total. The molecule has 0 aromatic heterocycles. The summed E-state index contributed by atoms with van der Waals surface area (Å²) in [5.41, 5.74) is 29.5. The minimum atomic E-state index is -1.66. The summed E-state index contributed by atoms with van der Waals surface area (Å²) in [4.78, 5) is 138. The van der Waals surface area contributed by atoms with Crippen LogP contribution in [0.15, 0.2) is 30.3 Å². The van der Waals surface area contributed by atoms with Crippen molar-refractivity contribution < 1.29 is 58.2 Å². The van der Waals surface area contributed by atoms with E-state index < -0.39 is 139 Å². The highest BCUT2D eigenvalue weighted by molar-refractivity contribution is 5.99. The number of carbonyl (C=O) groups is 10. The van der Waals surface area contributed by atoms with Crippen molar-refractivity contribution in [2.75, 3.05) is 39.3 Å². The lowest BCUT2D eigenvalue weighted by Crippen LogP contribution is -2.61. The average Bonchev–Trinajstić information content (AvgIpc) is 3.34. The van der Waals surface area contributed by atoms with Crippen LogP contribution in [-0.2, 0) is 54.4 Å². The molecule has 11 atom stereocenters. The Morgan fingerprint density at radius 1 is 0.608 bits per heavy atom. The summed E-state index contributed by atoms with van der Waals surface area (Å²) in [5.74, 6) is -9.01. The Morgan fingerprint density at radius 3 is 1.61 bits per heavy atom. The molecule has 0 spiro atoms. The standard InChI is InChI=1S/C47H81N15O12/c1-25(2)23-34-44(71)56-29(12-18-49)39(66)55-32(15-21-52)43(70)62-37(26(3)63)46(73)53-22-16-33(57-40(67)31(14-20-51)58-47(74)38(27(4)64)61-36(65)11-8-17-48)42(69)54-30(13-19-50)41(68)60-35(45(72)59-34)24-28-9-6-5-7-10-28/h5-7,9-10,25-27,29-35,37-38,63-64H,8,11-24,48-52H2,1-4H3,(H,53,73)(H,54,69)(H,55,66)(H,56,71)(H,57,67)(H,58,74)(H,59,72)(H,60,68)(H,61,65)(H,62,70)/t26?,27?,29-,30-,31-,32-,33-,34-,35+,37?,38-/m0/s1. The molecule has 416 valence electrons. The molecule has 3 unspecified atom stereocenters. The van der Waals surface area contributed by atoms with Gasteiger partial charge in [-0.05, 0) is 103 Å². The van der Waals surface area contributed by atoms with Gasteiger partial charge in [-0.15, -0.1) is 0 Å². The number of carbonyl (C=O) groups excluding carboxylic acids is 10. The van der Waals surface area contributed by atoms with Crippen LogP contribution in [0.25, 0.3) is 0 Å². The maximum Gasteiger partial charge on any atom is 0.245 e. The van der Waals surface area contributed by atoms with Gasteiger partial charge >= 0.3 is 0 Å². The summed E-state index contributed by atoms with van der Waals surface area (Å²) in [7, 11) is 0. The Bertz CT molecular complexity index is 2010. The first-order valence-corrected chi connectivity index (χ1v) is 25.0. The molecule has 1 aromatic rings. The first kappa shape index (κ1) is 63.8. The third-order valence-electron chi connectivity index (χ3n) is 11.7. The Hall–Kier alpha value is -6.36. The largest absolute Gasteiger partial charge is 0.391 e. The zero-order valence-corrected chi connectivity index (χ0v) is 42.8.